The highest BCUT2D eigenvalue weighted by molar-refractivity contribution is 6.33. The first-order chi connectivity index (χ1) is 6.77. The number of hydrogen-bond donors (Lipinski definition) is 2. The van der Waals surface area contributed by atoms with E-state index in [-0.39, 0.29) is 12.1 Å². The van der Waals surface area contributed by atoms with Crippen LogP contribution in [-0.2, 0) is 4.74 Å². The number of nitrogens with zero attached hydrogens (tertiary/aromatic N) is 1. The van der Waals surface area contributed by atoms with E-state index in [0.29, 0.717) is 18.2 Å². The Balaban J connectivity index is 2.07. The van der Waals surface area contributed by atoms with Crippen molar-refractivity contribution in [2.24, 2.45) is 5.73 Å². The maximum absolute atomic E-state index is 5.94. The van der Waals surface area contributed by atoms with E-state index < -0.39 is 0 Å². The topological polar surface area (TPSA) is 60.2 Å². The van der Waals surface area contributed by atoms with E-state index >= 15 is 0 Å². The van der Waals surface area contributed by atoms with Crippen LogP contribution in [0.25, 0.3) is 0 Å². The number of anilines is 1. The van der Waals surface area contributed by atoms with E-state index in [9.17, 15) is 0 Å². The Bertz CT molecular complexity index is 321. The monoisotopic (exact) mass is 213 g/mol. The van der Waals surface area contributed by atoms with Crippen molar-refractivity contribution < 1.29 is 4.74 Å². The molecule has 1 aliphatic rings. The molecule has 2 unspecified atom stereocenters. The summed E-state index contributed by atoms with van der Waals surface area (Å²) in [6.45, 7) is 1.22. The maximum atomic E-state index is 5.94. The highest BCUT2D eigenvalue weighted by Crippen LogP contribution is 2.21. The number of ether oxygens (including phenoxy) is 1. The lowest BCUT2D eigenvalue weighted by Gasteiger charge is -2.17. The average molecular weight is 214 g/mol. The van der Waals surface area contributed by atoms with Crippen LogP contribution in [0, 0.1) is 0 Å². The zero-order valence-electron chi connectivity index (χ0n) is 7.61. The summed E-state index contributed by atoms with van der Waals surface area (Å²) in [6, 6.07) is 1.99. The molecule has 5 heteroatoms. The van der Waals surface area contributed by atoms with Gasteiger partial charge < -0.3 is 15.8 Å². The Morgan fingerprint density at radius 2 is 2.43 bits per heavy atom. The van der Waals surface area contributed by atoms with E-state index in [1.165, 1.54) is 0 Å². The van der Waals surface area contributed by atoms with Gasteiger partial charge in [-0.15, -0.1) is 0 Å². The molecule has 1 aromatic rings. The fourth-order valence-corrected chi connectivity index (χ4v) is 1.59. The summed E-state index contributed by atoms with van der Waals surface area (Å²) < 4.78 is 5.24. The van der Waals surface area contributed by atoms with Crippen LogP contribution < -0.4 is 11.1 Å². The molecule has 0 spiro atoms. The standard InChI is InChI=1S/C9H12ClN3O/c10-6-3-12-2-1-8(6)13-9-5-14-4-7(9)11/h1-3,7,9H,4-5,11H2,(H,12,13). The van der Waals surface area contributed by atoms with Gasteiger partial charge in [0.15, 0.2) is 0 Å². The van der Waals surface area contributed by atoms with Gasteiger partial charge in [0.2, 0.25) is 0 Å². The molecule has 2 heterocycles. The predicted octanol–water partition coefficient (Wildman–Crippen LogP) is 0.873. The van der Waals surface area contributed by atoms with Crippen LogP contribution in [0.4, 0.5) is 5.69 Å². The number of halogens is 1. The van der Waals surface area contributed by atoms with Gasteiger partial charge in [-0.05, 0) is 6.07 Å². The molecule has 4 nitrogen and oxygen atoms in total. The minimum Gasteiger partial charge on any atom is -0.378 e. The van der Waals surface area contributed by atoms with Gasteiger partial charge in [0.05, 0.1) is 36.0 Å². The first kappa shape index (κ1) is 9.71. The summed E-state index contributed by atoms with van der Waals surface area (Å²) >= 11 is 5.94. The number of aromatic nitrogens is 1. The first-order valence-corrected chi connectivity index (χ1v) is 4.84. The summed E-state index contributed by atoms with van der Waals surface area (Å²) in [5.41, 5.74) is 6.68. The molecule has 14 heavy (non-hydrogen) atoms. The third kappa shape index (κ3) is 1.97. The summed E-state index contributed by atoms with van der Waals surface area (Å²) in [4.78, 5) is 3.90. The molecule has 76 valence electrons. The smallest absolute Gasteiger partial charge is 0.0820 e. The van der Waals surface area contributed by atoms with Gasteiger partial charge in [0.1, 0.15) is 0 Å². The van der Waals surface area contributed by atoms with E-state index in [0.717, 1.165) is 5.69 Å². The van der Waals surface area contributed by atoms with Gasteiger partial charge in [-0.2, -0.15) is 0 Å². The van der Waals surface area contributed by atoms with Crippen LogP contribution in [-0.4, -0.2) is 30.3 Å². The van der Waals surface area contributed by atoms with Crippen LogP contribution in [0.15, 0.2) is 18.5 Å². The van der Waals surface area contributed by atoms with Gasteiger partial charge in [0, 0.05) is 12.4 Å². The van der Waals surface area contributed by atoms with Gasteiger partial charge in [-0.25, -0.2) is 0 Å². The number of nitrogens with one attached hydrogen (secondary N) is 1. The largest absolute Gasteiger partial charge is 0.378 e. The highest BCUT2D eigenvalue weighted by atomic mass is 35.5. The first-order valence-electron chi connectivity index (χ1n) is 4.47. The number of pyridine rings is 1. The quantitative estimate of drug-likeness (QED) is 0.766. The second-order valence-corrected chi connectivity index (χ2v) is 3.71. The van der Waals surface area contributed by atoms with Crippen molar-refractivity contribution in [2.45, 2.75) is 12.1 Å². The second kappa shape index (κ2) is 4.13. The summed E-state index contributed by atoms with van der Waals surface area (Å²) in [5.74, 6) is 0. The molecule has 0 saturated carbocycles. The van der Waals surface area contributed by atoms with Crippen LogP contribution in [0.1, 0.15) is 0 Å². The lowest BCUT2D eigenvalue weighted by molar-refractivity contribution is 0.192. The summed E-state index contributed by atoms with van der Waals surface area (Å²) in [7, 11) is 0. The third-order valence-electron chi connectivity index (χ3n) is 2.24. The fourth-order valence-electron chi connectivity index (χ4n) is 1.41. The van der Waals surface area contributed by atoms with Gasteiger partial charge >= 0.3 is 0 Å². The van der Waals surface area contributed by atoms with Crippen molar-refractivity contribution in [1.82, 2.24) is 4.98 Å². The Morgan fingerprint density at radius 1 is 1.57 bits per heavy atom. The van der Waals surface area contributed by atoms with E-state index in [4.69, 9.17) is 22.1 Å². The SMILES string of the molecule is NC1COCC1Nc1ccncc1Cl. The average Bonchev–Trinajstić information content (AvgIpc) is 2.56. The van der Waals surface area contributed by atoms with Crippen LogP contribution in [0.2, 0.25) is 5.02 Å². The molecule has 2 rings (SSSR count). The number of rotatable bonds is 2. The zero-order valence-corrected chi connectivity index (χ0v) is 8.37. The third-order valence-corrected chi connectivity index (χ3v) is 2.54. The molecular weight excluding hydrogens is 202 g/mol. The molecule has 1 saturated heterocycles. The molecule has 0 bridgehead atoms. The Kier molecular flexibility index (Phi) is 2.86. The lowest BCUT2D eigenvalue weighted by Crippen LogP contribution is -2.38. The molecule has 0 amide bonds. The number of hydrogen-bond acceptors (Lipinski definition) is 4. The van der Waals surface area contributed by atoms with E-state index in [2.05, 4.69) is 10.3 Å². The van der Waals surface area contributed by atoms with Crippen molar-refractivity contribution in [1.29, 1.82) is 0 Å². The molecular formula is C9H12ClN3O. The predicted molar refractivity (Wildman–Crippen MR) is 55.5 cm³/mol. The zero-order chi connectivity index (χ0) is 9.97. The molecule has 0 aromatic carbocycles. The van der Waals surface area contributed by atoms with Gasteiger partial charge in [0.25, 0.3) is 0 Å². The normalized spacial score (nSPS) is 26.4. The molecule has 0 aliphatic carbocycles. The summed E-state index contributed by atoms with van der Waals surface area (Å²) in [5, 5.41) is 3.84. The molecule has 0 radical (unpaired) electrons. The Labute approximate surface area is 87.4 Å². The van der Waals surface area contributed by atoms with Gasteiger partial charge in [-0.1, -0.05) is 11.6 Å². The second-order valence-electron chi connectivity index (χ2n) is 3.31. The minimum absolute atomic E-state index is 0.0271. The van der Waals surface area contributed by atoms with Crippen LogP contribution in [0.3, 0.4) is 0 Å². The molecule has 1 aromatic heterocycles. The Hall–Kier alpha value is -0.840. The Morgan fingerprint density at radius 3 is 3.07 bits per heavy atom. The van der Waals surface area contributed by atoms with Gasteiger partial charge in [-0.3, -0.25) is 4.98 Å². The van der Waals surface area contributed by atoms with E-state index in [1.807, 2.05) is 6.07 Å². The van der Waals surface area contributed by atoms with Crippen molar-refractivity contribution in [3.05, 3.63) is 23.5 Å². The molecule has 3 N–H and O–H groups in total. The molecule has 1 fully saturated rings. The van der Waals surface area contributed by atoms with Crippen molar-refractivity contribution in [2.75, 3.05) is 18.5 Å². The molecule has 1 aliphatic heterocycles. The maximum Gasteiger partial charge on any atom is 0.0820 e. The van der Waals surface area contributed by atoms with Crippen molar-refractivity contribution >= 4 is 17.3 Å². The van der Waals surface area contributed by atoms with Crippen LogP contribution >= 0.6 is 11.6 Å². The van der Waals surface area contributed by atoms with Crippen molar-refractivity contribution in [3.8, 4) is 0 Å². The number of nitrogens with two attached hydrogens (primary N) is 1. The highest BCUT2D eigenvalue weighted by Gasteiger charge is 2.24. The van der Waals surface area contributed by atoms with Crippen LogP contribution in [0.5, 0.6) is 0 Å². The minimum atomic E-state index is 0.0271. The molecule has 2 atom stereocenters. The lowest BCUT2D eigenvalue weighted by atomic mass is 10.2. The fraction of sp³-hybridized carbons (Fsp3) is 0.444. The van der Waals surface area contributed by atoms with E-state index in [1.54, 1.807) is 12.4 Å². The van der Waals surface area contributed by atoms with Crippen molar-refractivity contribution in [3.63, 3.8) is 0 Å². The summed E-state index contributed by atoms with van der Waals surface area (Å²) in [6.07, 6.45) is 3.29.